The van der Waals surface area contributed by atoms with Crippen LogP contribution in [0.25, 0.3) is 0 Å². The van der Waals surface area contributed by atoms with E-state index in [-0.39, 0.29) is 20.8 Å². The quantitative estimate of drug-likeness (QED) is 0.746. The molecule has 2 rings (SSSR count). The van der Waals surface area contributed by atoms with E-state index in [2.05, 4.69) is 31.9 Å². The van der Waals surface area contributed by atoms with Gasteiger partial charge in [0.1, 0.15) is 8.96 Å². The van der Waals surface area contributed by atoms with Crippen molar-refractivity contribution in [2.24, 2.45) is 0 Å². The first kappa shape index (κ1) is 13.5. The van der Waals surface area contributed by atoms with Crippen LogP contribution in [0.15, 0.2) is 27.2 Å². The summed E-state index contributed by atoms with van der Waals surface area (Å²) in [5, 5.41) is 0. The molecule has 2 amide bonds. The van der Waals surface area contributed by atoms with Crippen molar-refractivity contribution in [1.82, 2.24) is 0 Å². The maximum atomic E-state index is 12.1. The third-order valence-corrected chi connectivity index (χ3v) is 4.90. The van der Waals surface area contributed by atoms with Crippen LogP contribution in [0.1, 0.15) is 18.1 Å². The van der Waals surface area contributed by atoms with Gasteiger partial charge in [0.15, 0.2) is 0 Å². The van der Waals surface area contributed by atoms with Crippen molar-refractivity contribution < 1.29 is 9.59 Å². The number of hydrogen-bond acceptors (Lipinski definition) is 2. The van der Waals surface area contributed by atoms with Crippen LogP contribution < -0.4 is 4.90 Å². The minimum absolute atomic E-state index is 0.276. The molecule has 94 valence electrons. The largest absolute Gasteiger partial charge is 0.273 e. The zero-order chi connectivity index (χ0) is 13.4. The van der Waals surface area contributed by atoms with Gasteiger partial charge in [-0.25, -0.2) is 4.90 Å². The van der Waals surface area contributed by atoms with E-state index in [9.17, 15) is 9.59 Å². The number of anilines is 1. The smallest absolute Gasteiger partial charge is 0.268 e. The molecule has 0 aliphatic carbocycles. The van der Waals surface area contributed by atoms with Gasteiger partial charge in [0.2, 0.25) is 0 Å². The van der Waals surface area contributed by atoms with Crippen LogP contribution in [-0.2, 0) is 16.0 Å². The summed E-state index contributed by atoms with van der Waals surface area (Å²) in [6.45, 7) is 3.90. The van der Waals surface area contributed by atoms with Gasteiger partial charge in [-0.15, -0.1) is 0 Å². The summed E-state index contributed by atoms with van der Waals surface area (Å²) in [6, 6.07) is 5.76. The number of hydrogen-bond donors (Lipinski definition) is 0. The average molecular weight is 373 g/mol. The van der Waals surface area contributed by atoms with Crippen molar-refractivity contribution in [2.75, 3.05) is 4.90 Å². The second kappa shape index (κ2) is 4.97. The highest BCUT2D eigenvalue weighted by Gasteiger charge is 2.38. The number of amides is 2. The minimum atomic E-state index is -0.323. The molecule has 1 aromatic carbocycles. The Morgan fingerprint density at radius 2 is 1.67 bits per heavy atom. The van der Waals surface area contributed by atoms with Crippen molar-refractivity contribution in [2.45, 2.75) is 20.3 Å². The van der Waals surface area contributed by atoms with Gasteiger partial charge in [-0.1, -0.05) is 25.1 Å². The minimum Gasteiger partial charge on any atom is -0.268 e. The van der Waals surface area contributed by atoms with Gasteiger partial charge < -0.3 is 0 Å². The van der Waals surface area contributed by atoms with Crippen molar-refractivity contribution >= 4 is 49.4 Å². The van der Waals surface area contributed by atoms with E-state index >= 15 is 0 Å². The fourth-order valence-electron chi connectivity index (χ4n) is 2.00. The van der Waals surface area contributed by atoms with Crippen LogP contribution in [0.5, 0.6) is 0 Å². The number of imide groups is 1. The molecule has 0 aromatic heterocycles. The average Bonchev–Trinajstić information content (AvgIpc) is 2.54. The van der Waals surface area contributed by atoms with E-state index < -0.39 is 0 Å². The normalized spacial score (nSPS) is 15.9. The van der Waals surface area contributed by atoms with E-state index in [1.807, 2.05) is 32.0 Å². The van der Waals surface area contributed by atoms with Gasteiger partial charge in [-0.3, -0.25) is 9.59 Å². The van der Waals surface area contributed by atoms with Gasteiger partial charge in [0.05, 0.1) is 5.69 Å². The first-order valence-corrected chi connectivity index (χ1v) is 7.10. The molecule has 18 heavy (non-hydrogen) atoms. The Morgan fingerprint density at radius 1 is 1.11 bits per heavy atom. The van der Waals surface area contributed by atoms with E-state index in [4.69, 9.17) is 0 Å². The Morgan fingerprint density at radius 3 is 2.17 bits per heavy atom. The standard InChI is InChI=1S/C13H11Br2NO2/c1-3-8-6-4-5-7(2)11(8)16-12(17)9(14)10(15)13(16)18/h4-6H,3H2,1-2H3. The number of rotatable bonds is 2. The van der Waals surface area contributed by atoms with E-state index in [1.165, 1.54) is 4.90 Å². The lowest BCUT2D eigenvalue weighted by molar-refractivity contribution is -0.120. The fraction of sp³-hybridized carbons (Fsp3) is 0.231. The molecule has 0 atom stereocenters. The molecule has 1 aromatic rings. The van der Waals surface area contributed by atoms with Gasteiger partial charge >= 0.3 is 0 Å². The Balaban J connectivity index is 2.59. The number of nitrogens with zero attached hydrogens (tertiary/aromatic N) is 1. The Hall–Kier alpha value is -0.940. The van der Waals surface area contributed by atoms with Crippen molar-refractivity contribution in [3.8, 4) is 0 Å². The van der Waals surface area contributed by atoms with Crippen molar-refractivity contribution in [3.05, 3.63) is 38.3 Å². The molecular weight excluding hydrogens is 362 g/mol. The maximum absolute atomic E-state index is 12.1. The lowest BCUT2D eigenvalue weighted by Crippen LogP contribution is -2.32. The molecule has 0 bridgehead atoms. The molecule has 1 aliphatic heterocycles. The number of benzene rings is 1. The molecule has 0 saturated carbocycles. The molecule has 0 saturated heterocycles. The molecule has 3 nitrogen and oxygen atoms in total. The van der Waals surface area contributed by atoms with Crippen LogP contribution in [0.3, 0.4) is 0 Å². The number of para-hydroxylation sites is 1. The van der Waals surface area contributed by atoms with Crippen LogP contribution in [0.2, 0.25) is 0 Å². The number of carbonyl (C=O) groups is 2. The molecule has 1 heterocycles. The summed E-state index contributed by atoms with van der Waals surface area (Å²) in [5.74, 6) is -0.647. The molecule has 0 fully saturated rings. The molecular formula is C13H11Br2NO2. The summed E-state index contributed by atoms with van der Waals surface area (Å²) in [6.07, 6.45) is 0.767. The second-order valence-electron chi connectivity index (χ2n) is 4.01. The van der Waals surface area contributed by atoms with Crippen molar-refractivity contribution in [3.63, 3.8) is 0 Å². The molecule has 0 radical (unpaired) electrons. The summed E-state index contributed by atoms with van der Waals surface area (Å²) >= 11 is 6.28. The fourth-order valence-corrected chi connectivity index (χ4v) is 2.70. The molecule has 5 heteroatoms. The third-order valence-electron chi connectivity index (χ3n) is 2.90. The second-order valence-corrected chi connectivity index (χ2v) is 5.60. The summed E-state index contributed by atoms with van der Waals surface area (Å²) < 4.78 is 0.551. The van der Waals surface area contributed by atoms with Crippen LogP contribution in [0.4, 0.5) is 5.69 Å². The first-order valence-electron chi connectivity index (χ1n) is 5.51. The maximum Gasteiger partial charge on any atom is 0.273 e. The van der Waals surface area contributed by atoms with Gasteiger partial charge in [-0.05, 0) is 56.3 Å². The highest BCUT2D eigenvalue weighted by Crippen LogP contribution is 2.36. The van der Waals surface area contributed by atoms with Crippen LogP contribution in [0, 0.1) is 6.92 Å². The SMILES string of the molecule is CCc1cccc(C)c1N1C(=O)C(Br)=C(Br)C1=O. The summed E-state index contributed by atoms with van der Waals surface area (Å²) in [4.78, 5) is 25.5. The number of halogens is 2. The Bertz CT molecular complexity index is 554. The lowest BCUT2D eigenvalue weighted by atomic mass is 10.0. The van der Waals surface area contributed by atoms with Gasteiger partial charge in [0.25, 0.3) is 11.8 Å². The monoisotopic (exact) mass is 371 g/mol. The van der Waals surface area contributed by atoms with Gasteiger partial charge in [-0.2, -0.15) is 0 Å². The molecule has 0 N–H and O–H groups in total. The molecule has 0 unspecified atom stereocenters. The van der Waals surface area contributed by atoms with E-state index in [0.717, 1.165) is 17.5 Å². The van der Waals surface area contributed by atoms with Gasteiger partial charge in [0, 0.05) is 0 Å². The lowest BCUT2D eigenvalue weighted by Gasteiger charge is -2.20. The summed E-state index contributed by atoms with van der Waals surface area (Å²) in [7, 11) is 0. The third kappa shape index (κ3) is 1.95. The number of aryl methyl sites for hydroxylation is 2. The highest BCUT2D eigenvalue weighted by molar-refractivity contribution is 9.14. The highest BCUT2D eigenvalue weighted by atomic mass is 79.9. The van der Waals surface area contributed by atoms with E-state index in [1.54, 1.807) is 0 Å². The van der Waals surface area contributed by atoms with E-state index in [0.29, 0.717) is 5.69 Å². The Kier molecular flexibility index (Phi) is 3.73. The zero-order valence-corrected chi connectivity index (χ0v) is 13.1. The molecule has 1 aliphatic rings. The zero-order valence-electron chi connectivity index (χ0n) is 9.96. The number of carbonyl (C=O) groups excluding carboxylic acids is 2. The van der Waals surface area contributed by atoms with Crippen molar-refractivity contribution in [1.29, 1.82) is 0 Å². The predicted octanol–water partition coefficient (Wildman–Crippen LogP) is 3.43. The Labute approximate surface area is 122 Å². The first-order chi connectivity index (χ1) is 8.49. The predicted molar refractivity (Wildman–Crippen MR) is 77.9 cm³/mol. The van der Waals surface area contributed by atoms with Crippen LogP contribution in [-0.4, -0.2) is 11.8 Å². The van der Waals surface area contributed by atoms with Crippen LogP contribution >= 0.6 is 31.9 Å². The molecule has 0 spiro atoms. The summed E-state index contributed by atoms with van der Waals surface area (Å²) in [5.41, 5.74) is 2.60. The topological polar surface area (TPSA) is 37.4 Å².